The van der Waals surface area contributed by atoms with Gasteiger partial charge in [-0.2, -0.15) is 0 Å². The highest BCUT2D eigenvalue weighted by Gasteiger charge is 2.46. The number of carbonyl (C=O) groups is 2. The molecule has 30 heavy (non-hydrogen) atoms. The molecule has 3 heterocycles. The van der Waals surface area contributed by atoms with Gasteiger partial charge in [-0.05, 0) is 41.6 Å². The number of nitrogens with one attached hydrogen (secondary N) is 2. The largest absolute Gasteiger partial charge is 0.342 e. The first-order valence-electron chi connectivity index (χ1n) is 10.1. The monoisotopic (exact) mass is 439 g/mol. The van der Waals surface area contributed by atoms with Crippen molar-refractivity contribution in [3.8, 4) is 0 Å². The van der Waals surface area contributed by atoms with Crippen LogP contribution in [0.1, 0.15) is 16.9 Å². The number of carbonyl (C=O) groups excluding carboxylic acids is 2. The summed E-state index contributed by atoms with van der Waals surface area (Å²) in [6.07, 6.45) is 1.13. The van der Waals surface area contributed by atoms with Crippen molar-refractivity contribution in [2.45, 2.75) is 37.5 Å². The maximum atomic E-state index is 13.0. The Morgan fingerprint density at radius 1 is 1.13 bits per heavy atom. The molecule has 0 spiro atoms. The fraction of sp³-hybridized carbons (Fsp3) is 0.304. The van der Waals surface area contributed by atoms with Crippen molar-refractivity contribution in [2.24, 2.45) is 0 Å². The zero-order valence-electron chi connectivity index (χ0n) is 16.3. The lowest BCUT2D eigenvalue weighted by Gasteiger charge is -2.34. The predicted octanol–water partition coefficient (Wildman–Crippen LogP) is 3.35. The summed E-state index contributed by atoms with van der Waals surface area (Å²) in [4.78, 5) is 28.7. The summed E-state index contributed by atoms with van der Waals surface area (Å²) in [5.41, 5.74) is 0.982. The fourth-order valence-electron chi connectivity index (χ4n) is 4.37. The number of halogens is 1. The van der Waals surface area contributed by atoms with E-state index in [0.29, 0.717) is 24.4 Å². The number of hydrogen-bond donors (Lipinski definition) is 2. The average molecular weight is 440 g/mol. The molecule has 0 unspecified atom stereocenters. The van der Waals surface area contributed by atoms with Crippen LogP contribution in [-0.4, -0.2) is 41.4 Å². The minimum absolute atomic E-state index is 0.000659. The van der Waals surface area contributed by atoms with Crippen molar-refractivity contribution in [1.82, 2.24) is 15.5 Å². The highest BCUT2D eigenvalue weighted by Crippen LogP contribution is 2.27. The van der Waals surface area contributed by atoms with E-state index in [-0.39, 0.29) is 23.9 Å². The Morgan fingerprint density at radius 2 is 1.93 bits per heavy atom. The van der Waals surface area contributed by atoms with E-state index in [4.69, 9.17) is 11.6 Å². The average Bonchev–Trinajstić information content (AvgIpc) is 3.36. The summed E-state index contributed by atoms with van der Waals surface area (Å²) in [6.45, 7) is 1.31. The molecule has 2 fully saturated rings. The summed E-state index contributed by atoms with van der Waals surface area (Å²) in [5, 5.41) is 8.38. The van der Waals surface area contributed by atoms with Crippen LogP contribution in [0.3, 0.4) is 0 Å². The van der Waals surface area contributed by atoms with Gasteiger partial charge in [-0.3, -0.25) is 9.59 Å². The molecule has 5 rings (SSSR count). The molecule has 2 saturated heterocycles. The number of piperazine rings is 1. The van der Waals surface area contributed by atoms with E-state index >= 15 is 0 Å². The Kier molecular flexibility index (Phi) is 5.23. The van der Waals surface area contributed by atoms with Gasteiger partial charge in [-0.15, -0.1) is 11.3 Å². The Morgan fingerprint density at radius 3 is 2.73 bits per heavy atom. The molecule has 0 bridgehead atoms. The molecule has 1 aromatic heterocycles. The van der Waals surface area contributed by atoms with Gasteiger partial charge in [0.2, 0.25) is 11.8 Å². The minimum atomic E-state index is -0.517. The molecule has 0 radical (unpaired) electrons. The summed E-state index contributed by atoms with van der Waals surface area (Å²) in [5.74, 6) is -0.0552. The van der Waals surface area contributed by atoms with Crippen molar-refractivity contribution in [2.75, 3.05) is 6.54 Å². The maximum Gasteiger partial charge on any atom is 0.246 e. The summed E-state index contributed by atoms with van der Waals surface area (Å²) in [7, 11) is 0. The molecule has 0 saturated carbocycles. The lowest BCUT2D eigenvalue weighted by molar-refractivity contribution is -0.147. The van der Waals surface area contributed by atoms with Crippen molar-refractivity contribution < 1.29 is 9.59 Å². The molecule has 154 valence electrons. The Hall–Kier alpha value is -2.41. The van der Waals surface area contributed by atoms with Gasteiger partial charge >= 0.3 is 0 Å². The maximum absolute atomic E-state index is 13.0. The molecular weight excluding hydrogens is 418 g/mol. The van der Waals surface area contributed by atoms with Gasteiger partial charge in [0.1, 0.15) is 12.1 Å². The quantitative estimate of drug-likeness (QED) is 0.640. The number of benzene rings is 2. The standard InChI is InChI=1S/C23H22ClN3O2S/c24-16-7-5-14(6-8-16)9-19-23(29)27-13-17(11-20(27)22(28)26-19)25-12-18-10-15-3-1-2-4-21(15)30-18/h1-8,10,17,19-20,25H,9,11-13H2,(H,26,28)/t17-,19-,20-/m0/s1. The first-order valence-corrected chi connectivity index (χ1v) is 11.3. The van der Waals surface area contributed by atoms with E-state index in [1.807, 2.05) is 18.2 Å². The van der Waals surface area contributed by atoms with Crippen LogP contribution in [0.5, 0.6) is 0 Å². The smallest absolute Gasteiger partial charge is 0.246 e. The number of nitrogens with zero attached hydrogens (tertiary/aromatic N) is 1. The predicted molar refractivity (Wildman–Crippen MR) is 120 cm³/mol. The third-order valence-electron chi connectivity index (χ3n) is 5.90. The normalized spacial score (nSPS) is 23.6. The molecule has 3 atom stereocenters. The molecule has 3 aromatic rings. The molecule has 2 aromatic carbocycles. The van der Waals surface area contributed by atoms with Gasteiger partial charge in [0, 0.05) is 40.2 Å². The van der Waals surface area contributed by atoms with E-state index in [0.717, 1.165) is 12.1 Å². The topological polar surface area (TPSA) is 61.4 Å². The molecule has 5 nitrogen and oxygen atoms in total. The van der Waals surface area contributed by atoms with Crippen molar-refractivity contribution in [3.63, 3.8) is 0 Å². The second kappa shape index (κ2) is 8.02. The SMILES string of the molecule is O=C1N[C@@H](Cc2ccc(Cl)cc2)C(=O)N2C[C@@H](NCc3cc4ccccc4s3)C[C@@H]12. The van der Waals surface area contributed by atoms with Gasteiger partial charge in [0.25, 0.3) is 0 Å². The molecule has 0 aliphatic carbocycles. The molecule has 2 aliphatic rings. The lowest BCUT2D eigenvalue weighted by Crippen LogP contribution is -2.61. The second-order valence-corrected chi connectivity index (χ2v) is 9.57. The molecule has 2 aliphatic heterocycles. The van der Waals surface area contributed by atoms with E-state index in [1.54, 1.807) is 28.4 Å². The summed E-state index contributed by atoms with van der Waals surface area (Å²) >= 11 is 7.72. The number of thiophene rings is 1. The first kappa shape index (κ1) is 19.5. The zero-order chi connectivity index (χ0) is 20.7. The van der Waals surface area contributed by atoms with E-state index in [9.17, 15) is 9.59 Å². The van der Waals surface area contributed by atoms with Gasteiger partial charge in [0.05, 0.1) is 0 Å². The highest BCUT2D eigenvalue weighted by molar-refractivity contribution is 7.19. The Labute approximate surface area is 184 Å². The molecule has 7 heteroatoms. The minimum Gasteiger partial charge on any atom is -0.342 e. The van der Waals surface area contributed by atoms with Crippen LogP contribution >= 0.6 is 22.9 Å². The first-order chi connectivity index (χ1) is 14.6. The van der Waals surface area contributed by atoms with E-state index in [1.165, 1.54) is 15.0 Å². The van der Waals surface area contributed by atoms with Crippen LogP contribution in [0.15, 0.2) is 54.6 Å². The third kappa shape index (κ3) is 3.83. The van der Waals surface area contributed by atoms with Gasteiger partial charge in [-0.1, -0.05) is 41.9 Å². The lowest BCUT2D eigenvalue weighted by atomic mass is 10.0. The van der Waals surface area contributed by atoms with Gasteiger partial charge < -0.3 is 15.5 Å². The number of rotatable bonds is 5. The fourth-order valence-corrected chi connectivity index (χ4v) is 5.51. The van der Waals surface area contributed by atoms with Crippen LogP contribution < -0.4 is 10.6 Å². The Balaban J connectivity index is 1.23. The van der Waals surface area contributed by atoms with E-state index in [2.05, 4.69) is 34.9 Å². The van der Waals surface area contributed by atoms with E-state index < -0.39 is 6.04 Å². The molecule has 2 amide bonds. The van der Waals surface area contributed by atoms with Crippen molar-refractivity contribution in [1.29, 1.82) is 0 Å². The van der Waals surface area contributed by atoms with Gasteiger partial charge in [-0.25, -0.2) is 0 Å². The summed E-state index contributed by atoms with van der Waals surface area (Å²) < 4.78 is 1.28. The number of hydrogen-bond acceptors (Lipinski definition) is 4. The Bertz CT molecular complexity index is 1060. The van der Waals surface area contributed by atoms with Crippen molar-refractivity contribution in [3.05, 3.63) is 70.1 Å². The van der Waals surface area contributed by atoms with Crippen LogP contribution in [0.25, 0.3) is 10.1 Å². The second-order valence-electron chi connectivity index (χ2n) is 7.96. The highest BCUT2D eigenvalue weighted by atomic mass is 35.5. The third-order valence-corrected chi connectivity index (χ3v) is 7.26. The van der Waals surface area contributed by atoms with Crippen LogP contribution in [0.4, 0.5) is 0 Å². The van der Waals surface area contributed by atoms with Gasteiger partial charge in [0.15, 0.2) is 0 Å². The van der Waals surface area contributed by atoms with Crippen molar-refractivity contribution >= 4 is 44.8 Å². The molecule has 2 N–H and O–H groups in total. The zero-order valence-corrected chi connectivity index (χ0v) is 17.9. The molecular formula is C23H22ClN3O2S. The summed E-state index contributed by atoms with van der Waals surface area (Å²) in [6, 6.07) is 17.2. The van der Waals surface area contributed by atoms with Crippen LogP contribution in [0, 0.1) is 0 Å². The number of amides is 2. The number of fused-ring (bicyclic) bond motifs is 2. The van der Waals surface area contributed by atoms with Crippen LogP contribution in [0.2, 0.25) is 5.02 Å². The van der Waals surface area contributed by atoms with Crippen LogP contribution in [-0.2, 0) is 22.6 Å².